The van der Waals surface area contributed by atoms with Crippen LogP contribution in [0.5, 0.6) is 0 Å². The van der Waals surface area contributed by atoms with Crippen LogP contribution >= 0.6 is 0 Å². The molecule has 1 aromatic carbocycles. The number of nitrogens with zero attached hydrogens (tertiary/aromatic N) is 3. The summed E-state index contributed by atoms with van der Waals surface area (Å²) in [6, 6.07) is 4.86. The van der Waals surface area contributed by atoms with Crippen molar-refractivity contribution in [3.63, 3.8) is 0 Å². The number of benzene rings is 1. The van der Waals surface area contributed by atoms with Gasteiger partial charge in [-0.2, -0.15) is 0 Å². The number of aryl methyl sites for hydroxylation is 1. The highest BCUT2D eigenvalue weighted by molar-refractivity contribution is 5.92. The number of fused-ring (bicyclic) bond motifs is 6. The van der Waals surface area contributed by atoms with Crippen LogP contribution in [-0.4, -0.2) is 144 Å². The van der Waals surface area contributed by atoms with E-state index >= 15 is 4.79 Å². The summed E-state index contributed by atoms with van der Waals surface area (Å²) in [5.74, 6) is -2.46. The number of carbonyl (C=O) groups excluding carboxylic acids is 4. The Morgan fingerprint density at radius 1 is 1.00 bits per heavy atom. The van der Waals surface area contributed by atoms with E-state index in [1.54, 1.807) is 7.11 Å². The zero-order chi connectivity index (χ0) is 46.4. The molecule has 6 heterocycles. The van der Waals surface area contributed by atoms with E-state index in [-0.39, 0.29) is 5.92 Å². The van der Waals surface area contributed by atoms with Crippen molar-refractivity contribution in [3.05, 3.63) is 70.6 Å². The highest BCUT2D eigenvalue weighted by Crippen LogP contribution is 2.70. The monoisotopic (exact) mass is 896 g/mol. The molecule has 2 bridgehead atoms. The Hall–Kier alpha value is -4.34. The lowest BCUT2D eigenvalue weighted by Crippen LogP contribution is -2.80. The second kappa shape index (κ2) is 16.5. The Labute approximate surface area is 382 Å². The Bertz CT molecular complexity index is 2360. The first-order valence-corrected chi connectivity index (χ1v) is 23.8. The van der Waals surface area contributed by atoms with Gasteiger partial charge in [0, 0.05) is 85.3 Å². The fourth-order valence-corrected chi connectivity index (χ4v) is 14.5. The van der Waals surface area contributed by atoms with E-state index in [4.69, 9.17) is 18.9 Å². The number of aromatic nitrogens is 1. The molecule has 5 aliphatic heterocycles. The summed E-state index contributed by atoms with van der Waals surface area (Å²) in [6.45, 7) is 12.7. The van der Waals surface area contributed by atoms with Crippen LogP contribution in [0.25, 0.3) is 10.9 Å². The van der Waals surface area contributed by atoms with Crippen molar-refractivity contribution in [2.24, 2.45) is 28.6 Å². The first kappa shape index (κ1) is 45.8. The molecule has 4 fully saturated rings. The smallest absolute Gasteiger partial charge is 0.344 e. The van der Waals surface area contributed by atoms with Crippen LogP contribution in [0.3, 0.4) is 0 Å². The second-order valence-corrected chi connectivity index (χ2v) is 20.7. The van der Waals surface area contributed by atoms with Crippen LogP contribution in [0.1, 0.15) is 90.0 Å². The maximum Gasteiger partial charge on any atom is 0.344 e. The van der Waals surface area contributed by atoms with E-state index in [1.807, 2.05) is 32.1 Å². The lowest BCUT2D eigenvalue weighted by atomic mass is 9.47. The van der Waals surface area contributed by atoms with Gasteiger partial charge in [-0.1, -0.05) is 52.0 Å². The number of rotatable bonds is 11. The van der Waals surface area contributed by atoms with Gasteiger partial charge in [-0.05, 0) is 105 Å². The number of H-pyrrole nitrogens is 1. The molecule has 14 heteroatoms. The maximum atomic E-state index is 15.6. The van der Waals surface area contributed by atoms with Crippen molar-refractivity contribution < 1.29 is 48.3 Å². The maximum absolute atomic E-state index is 15.6. The van der Waals surface area contributed by atoms with E-state index in [0.29, 0.717) is 89.3 Å². The van der Waals surface area contributed by atoms with Gasteiger partial charge >= 0.3 is 17.9 Å². The first-order valence-electron chi connectivity index (χ1n) is 23.8. The highest BCUT2D eigenvalue weighted by Gasteiger charge is 2.82. The molecular weight excluding hydrogens is 829 g/mol. The van der Waals surface area contributed by atoms with E-state index in [1.165, 1.54) is 31.6 Å². The van der Waals surface area contributed by atoms with Gasteiger partial charge in [0.25, 0.3) is 0 Å². The number of carbonyl (C=O) groups is 4. The topological polar surface area (TPSA) is 171 Å². The van der Waals surface area contributed by atoms with E-state index in [2.05, 4.69) is 52.9 Å². The lowest BCUT2D eigenvalue weighted by molar-refractivity contribution is -0.242. The van der Waals surface area contributed by atoms with Crippen molar-refractivity contribution in [2.45, 2.75) is 127 Å². The Kier molecular flexibility index (Phi) is 11.6. The summed E-state index contributed by atoms with van der Waals surface area (Å²) in [5.41, 5.74) is -1.97. The molecule has 3 saturated heterocycles. The van der Waals surface area contributed by atoms with Crippen LogP contribution in [0.15, 0.2) is 53.8 Å². The molecule has 352 valence electrons. The zero-order valence-electron chi connectivity index (χ0n) is 39.4. The number of nitrogens with one attached hydrogen (secondary N) is 1. The van der Waals surface area contributed by atoms with Crippen LogP contribution in [-0.2, 0) is 56.4 Å². The first-order chi connectivity index (χ1) is 31.0. The van der Waals surface area contributed by atoms with Crippen LogP contribution < -0.4 is 0 Å². The molecule has 7 aliphatic rings. The molecule has 1 saturated carbocycles. The number of hydrogen-bond acceptors (Lipinski definition) is 12. The summed E-state index contributed by atoms with van der Waals surface area (Å²) >= 11 is 0. The number of piperidine rings is 1. The molecule has 14 nitrogen and oxygen atoms in total. The molecule has 1 spiro atoms. The number of aliphatic hydroxyl groups is 2. The van der Waals surface area contributed by atoms with Gasteiger partial charge < -0.3 is 39.0 Å². The normalized spacial score (nSPS) is 38.3. The average Bonchev–Trinajstić information content (AvgIpc) is 3.97. The molecule has 9 rings (SSSR count). The predicted octanol–water partition coefficient (Wildman–Crippen LogP) is 4.75. The van der Waals surface area contributed by atoms with Gasteiger partial charge in [0.2, 0.25) is 12.0 Å². The van der Waals surface area contributed by atoms with Gasteiger partial charge in [-0.15, -0.1) is 0 Å². The van der Waals surface area contributed by atoms with Crippen LogP contribution in [0, 0.1) is 28.6 Å². The van der Waals surface area contributed by atoms with Crippen LogP contribution in [0.2, 0.25) is 0 Å². The van der Waals surface area contributed by atoms with Crippen molar-refractivity contribution in [3.8, 4) is 0 Å². The largest absolute Gasteiger partial charge is 0.468 e. The number of esters is 3. The van der Waals surface area contributed by atoms with Gasteiger partial charge in [-0.25, -0.2) is 4.79 Å². The number of ether oxygens (including phenoxy) is 4. The van der Waals surface area contributed by atoms with E-state index in [0.717, 1.165) is 40.6 Å². The number of allylic oxidation sites excluding steroid dienone is 1. The number of amides is 1. The SMILES string of the molecule is CC[C@]1(O)C[C@H]2CN(CCc3c([nH]c4ccc(CCC(C)C)cc34)[C@@](C(=O)OC)(C3C=C4C(=CC3OC)N(C=O)[C@H]3[C@@](O)(C(=O)OC)[C@H](OC(C)=O)[C@]5(CC)C=CCN6CC[C@]43[C@@H]65)C2)C1. The fourth-order valence-electron chi connectivity index (χ4n) is 14.5. The fraction of sp³-hybridized carbons (Fsp3) is 0.647. The van der Waals surface area contributed by atoms with Gasteiger partial charge in [0.1, 0.15) is 5.41 Å². The Balaban J connectivity index is 1.33. The molecule has 2 aliphatic carbocycles. The molecule has 1 aromatic heterocycles. The van der Waals surface area contributed by atoms with Crippen molar-refractivity contribution in [1.29, 1.82) is 0 Å². The molecule has 3 N–H and O–H groups in total. The van der Waals surface area contributed by atoms with E-state index < -0.39 is 75.6 Å². The number of hydrogen-bond donors (Lipinski definition) is 3. The molecule has 2 aromatic rings. The third kappa shape index (κ3) is 6.50. The predicted molar refractivity (Wildman–Crippen MR) is 242 cm³/mol. The second-order valence-electron chi connectivity index (χ2n) is 20.7. The number of aromatic amines is 1. The lowest BCUT2D eigenvalue weighted by Gasteiger charge is -2.63. The molecule has 3 unspecified atom stereocenters. The summed E-state index contributed by atoms with van der Waals surface area (Å²) in [4.78, 5) is 67.0. The molecule has 1 amide bonds. The Morgan fingerprint density at radius 3 is 2.43 bits per heavy atom. The average molecular weight is 897 g/mol. The summed E-state index contributed by atoms with van der Waals surface area (Å²) in [5, 5.41) is 26.6. The quantitative estimate of drug-likeness (QED) is 0.123. The zero-order valence-corrected chi connectivity index (χ0v) is 39.4. The van der Waals surface area contributed by atoms with E-state index in [9.17, 15) is 24.6 Å². The molecule has 0 radical (unpaired) electrons. The highest BCUT2D eigenvalue weighted by atomic mass is 16.6. The Morgan fingerprint density at radius 2 is 1.77 bits per heavy atom. The van der Waals surface area contributed by atoms with Crippen LogP contribution in [0.4, 0.5) is 0 Å². The summed E-state index contributed by atoms with van der Waals surface area (Å²) in [6.07, 6.45) is 11.2. The van der Waals surface area contributed by atoms with Gasteiger partial charge in [-0.3, -0.25) is 24.2 Å². The molecule has 12 atom stereocenters. The van der Waals surface area contributed by atoms with Crippen molar-refractivity contribution in [1.82, 2.24) is 19.7 Å². The van der Waals surface area contributed by atoms with Gasteiger partial charge in [0.15, 0.2) is 6.10 Å². The van der Waals surface area contributed by atoms with Gasteiger partial charge in [0.05, 0.1) is 32.0 Å². The number of methoxy groups -OCH3 is 3. The minimum absolute atomic E-state index is 0.129. The minimum Gasteiger partial charge on any atom is -0.468 e. The molecular formula is C51H68N4O10. The standard InChI is InChI=1S/C51H68N4O10/c1-9-47(60)25-33-26-50(45(58)63-7,41-34(16-20-53(27-33)28-47)35-22-32(13-12-30(3)4)14-15-38(35)52-41)37-23-36-39(24-40(37)62-6)55(29-56)43-49(36)18-21-54-19-11-17-48(10-2,42(49)54)44(65-31(5)57)51(43,61)46(59)64-8/h11,14-15,17,22-24,29-30,33,37,40,42-44,52,60-61H,9-10,12-13,16,18-21,25-28H2,1-8H3/t33-,37?,40?,42+,43-,44-,47+,48-,49-,50+,51+/m1/s1. The summed E-state index contributed by atoms with van der Waals surface area (Å²) in [7, 11) is 4.22. The molecule has 65 heavy (non-hydrogen) atoms. The van der Waals surface area contributed by atoms with Crippen molar-refractivity contribution in [2.75, 3.05) is 54.1 Å². The summed E-state index contributed by atoms with van der Waals surface area (Å²) < 4.78 is 24.1. The number of likely N-dealkylation sites (tertiary alicyclic amines) is 1. The van der Waals surface area contributed by atoms with Crippen molar-refractivity contribution >= 4 is 35.2 Å². The third-order valence-corrected chi connectivity index (χ3v) is 17.1. The minimum atomic E-state index is -2.52. The third-order valence-electron chi connectivity index (χ3n) is 17.1.